The quantitative estimate of drug-likeness (QED) is 0.748. The molecule has 1 N–H and O–H groups in total. The Bertz CT molecular complexity index is 941. The second-order valence-electron chi connectivity index (χ2n) is 6.17. The summed E-state index contributed by atoms with van der Waals surface area (Å²) < 4.78 is 5.56. The first-order valence-electron chi connectivity index (χ1n) is 8.51. The minimum Gasteiger partial charge on any atom is -0.496 e. The number of nitrogens with zero attached hydrogens (tertiary/aromatic N) is 3. The summed E-state index contributed by atoms with van der Waals surface area (Å²) in [7, 11) is 1.59. The maximum Gasteiger partial charge on any atom is 0.224 e. The topological polar surface area (TPSA) is 75.5 Å². The van der Waals surface area contributed by atoms with E-state index in [4.69, 9.17) is 4.74 Å². The molecule has 0 saturated carbocycles. The smallest absolute Gasteiger partial charge is 0.224 e. The highest BCUT2D eigenvalue weighted by Crippen LogP contribution is 2.36. The van der Waals surface area contributed by atoms with Gasteiger partial charge >= 0.3 is 0 Å². The van der Waals surface area contributed by atoms with Crippen molar-refractivity contribution in [1.29, 1.82) is 0 Å². The summed E-state index contributed by atoms with van der Waals surface area (Å²) >= 11 is 0. The van der Waals surface area contributed by atoms with E-state index in [1.165, 1.54) is 13.0 Å². The molecule has 0 aliphatic heterocycles. The Kier molecular flexibility index (Phi) is 5.35. The molecule has 6 nitrogen and oxygen atoms in total. The highest BCUT2D eigenvalue weighted by atomic mass is 16.5. The van der Waals surface area contributed by atoms with Crippen molar-refractivity contribution in [1.82, 2.24) is 9.97 Å². The van der Waals surface area contributed by atoms with Gasteiger partial charge < -0.3 is 14.7 Å². The van der Waals surface area contributed by atoms with Gasteiger partial charge in [-0.1, -0.05) is 6.07 Å². The molecule has 1 aromatic carbocycles. The molecule has 0 atom stereocenters. The molecule has 2 heterocycles. The number of benzene rings is 1. The van der Waals surface area contributed by atoms with Crippen LogP contribution in [0.3, 0.4) is 0 Å². The van der Waals surface area contributed by atoms with Crippen LogP contribution in [0, 0.1) is 6.92 Å². The van der Waals surface area contributed by atoms with Crippen LogP contribution in [0.5, 0.6) is 11.6 Å². The summed E-state index contributed by atoms with van der Waals surface area (Å²) in [5.41, 5.74) is 4.15. The Morgan fingerprint density at radius 1 is 1.19 bits per heavy atom. The van der Waals surface area contributed by atoms with Crippen LogP contribution in [-0.4, -0.2) is 28.1 Å². The highest BCUT2D eigenvalue weighted by Gasteiger charge is 2.19. The third kappa shape index (κ3) is 4.06. The Labute approximate surface area is 158 Å². The van der Waals surface area contributed by atoms with E-state index in [2.05, 4.69) is 9.97 Å². The van der Waals surface area contributed by atoms with E-state index in [1.807, 2.05) is 37.3 Å². The lowest BCUT2D eigenvalue weighted by Crippen LogP contribution is -2.29. The van der Waals surface area contributed by atoms with Gasteiger partial charge in [0.15, 0.2) is 0 Å². The van der Waals surface area contributed by atoms with Gasteiger partial charge in [-0.05, 0) is 36.8 Å². The van der Waals surface area contributed by atoms with Crippen LogP contribution in [0.15, 0.2) is 54.9 Å². The highest BCUT2D eigenvalue weighted by molar-refractivity contribution is 5.93. The van der Waals surface area contributed by atoms with E-state index in [1.54, 1.807) is 30.5 Å². The summed E-state index contributed by atoms with van der Waals surface area (Å²) in [4.78, 5) is 22.2. The number of aryl methyl sites for hydroxylation is 1. The lowest BCUT2D eigenvalue weighted by Gasteiger charge is -2.24. The number of aromatic nitrogens is 2. The zero-order valence-corrected chi connectivity index (χ0v) is 15.5. The standard InChI is InChI=1S/C21H21N3O3/c1-14-10-18(16-7-8-21(26)23-12-16)20(27-3)11-19(14)24(15(2)25)13-17-6-4-5-9-22-17/h4-12H,13H2,1-3H3,(H,23,26). The Morgan fingerprint density at radius 3 is 2.59 bits per heavy atom. The predicted molar refractivity (Wildman–Crippen MR) is 104 cm³/mol. The van der Waals surface area contributed by atoms with Crippen molar-refractivity contribution in [3.63, 3.8) is 0 Å². The number of carbonyl (C=O) groups is 1. The first kappa shape index (κ1) is 18.4. The summed E-state index contributed by atoms with van der Waals surface area (Å²) in [6, 6.07) is 12.7. The zero-order chi connectivity index (χ0) is 19.4. The van der Waals surface area contributed by atoms with Crippen LogP contribution in [0.1, 0.15) is 18.2 Å². The minimum atomic E-state index is -0.0788. The van der Waals surface area contributed by atoms with Gasteiger partial charge in [0, 0.05) is 42.6 Å². The molecule has 27 heavy (non-hydrogen) atoms. The zero-order valence-electron chi connectivity index (χ0n) is 15.5. The second-order valence-corrected chi connectivity index (χ2v) is 6.17. The van der Waals surface area contributed by atoms with Crippen molar-refractivity contribution >= 4 is 11.6 Å². The van der Waals surface area contributed by atoms with E-state index in [0.717, 1.165) is 28.1 Å². The van der Waals surface area contributed by atoms with E-state index in [0.29, 0.717) is 12.3 Å². The molecule has 0 unspecified atom stereocenters. The monoisotopic (exact) mass is 363 g/mol. The molecule has 6 heteroatoms. The average Bonchev–Trinajstić information content (AvgIpc) is 2.67. The molecule has 0 bridgehead atoms. The minimum absolute atomic E-state index is 0.0378. The molecule has 0 spiro atoms. The first-order chi connectivity index (χ1) is 13.0. The van der Waals surface area contributed by atoms with Crippen LogP contribution in [-0.2, 0) is 11.3 Å². The van der Waals surface area contributed by atoms with Crippen molar-refractivity contribution in [3.05, 3.63) is 66.1 Å². The second kappa shape index (κ2) is 7.86. The number of ether oxygens (including phenoxy) is 1. The van der Waals surface area contributed by atoms with E-state index >= 15 is 0 Å². The number of hydrogen-bond donors (Lipinski definition) is 1. The van der Waals surface area contributed by atoms with E-state index in [9.17, 15) is 9.90 Å². The maximum atomic E-state index is 12.3. The molecule has 138 valence electrons. The number of amides is 1. The van der Waals surface area contributed by atoms with Crippen molar-refractivity contribution < 1.29 is 14.6 Å². The van der Waals surface area contributed by atoms with Gasteiger partial charge in [-0.3, -0.25) is 9.78 Å². The lowest BCUT2D eigenvalue weighted by atomic mass is 10.0. The van der Waals surface area contributed by atoms with Crippen molar-refractivity contribution in [2.45, 2.75) is 20.4 Å². The molecule has 0 aliphatic rings. The van der Waals surface area contributed by atoms with Crippen molar-refractivity contribution in [3.8, 4) is 22.8 Å². The summed E-state index contributed by atoms with van der Waals surface area (Å²) in [5.74, 6) is 0.504. The number of anilines is 1. The summed E-state index contributed by atoms with van der Waals surface area (Å²) in [6.07, 6.45) is 3.30. The van der Waals surface area contributed by atoms with Gasteiger partial charge in [0.1, 0.15) is 5.75 Å². The van der Waals surface area contributed by atoms with Gasteiger partial charge in [0.2, 0.25) is 11.8 Å². The molecule has 0 radical (unpaired) electrons. The fraction of sp³-hybridized carbons (Fsp3) is 0.190. The molecule has 0 saturated heterocycles. The van der Waals surface area contributed by atoms with Crippen LogP contribution < -0.4 is 9.64 Å². The van der Waals surface area contributed by atoms with Gasteiger partial charge in [0.25, 0.3) is 0 Å². The van der Waals surface area contributed by atoms with Crippen LogP contribution in [0.25, 0.3) is 11.1 Å². The number of carbonyl (C=O) groups excluding carboxylic acids is 1. The van der Waals surface area contributed by atoms with Gasteiger partial charge in [-0.25, -0.2) is 4.98 Å². The number of methoxy groups -OCH3 is 1. The first-order valence-corrected chi connectivity index (χ1v) is 8.51. The van der Waals surface area contributed by atoms with Gasteiger partial charge in [0.05, 0.1) is 25.0 Å². The van der Waals surface area contributed by atoms with E-state index in [-0.39, 0.29) is 11.8 Å². The van der Waals surface area contributed by atoms with Crippen LogP contribution >= 0.6 is 0 Å². The maximum absolute atomic E-state index is 12.3. The molecular formula is C21H21N3O3. The van der Waals surface area contributed by atoms with Crippen molar-refractivity contribution in [2.24, 2.45) is 0 Å². The summed E-state index contributed by atoms with van der Waals surface area (Å²) in [5, 5.41) is 9.41. The normalized spacial score (nSPS) is 10.5. The Morgan fingerprint density at radius 2 is 2.00 bits per heavy atom. The molecule has 2 aromatic heterocycles. The van der Waals surface area contributed by atoms with Crippen molar-refractivity contribution in [2.75, 3.05) is 12.0 Å². The Hall–Kier alpha value is -3.41. The molecule has 1 amide bonds. The summed E-state index contributed by atoms with van der Waals surface area (Å²) in [6.45, 7) is 3.85. The Balaban J connectivity index is 2.04. The van der Waals surface area contributed by atoms with Gasteiger partial charge in [-0.15, -0.1) is 0 Å². The molecule has 0 aliphatic carbocycles. The lowest BCUT2D eigenvalue weighted by molar-refractivity contribution is -0.116. The molecule has 0 fully saturated rings. The van der Waals surface area contributed by atoms with Crippen LogP contribution in [0.2, 0.25) is 0 Å². The SMILES string of the molecule is COc1cc(N(Cc2ccccn2)C(C)=O)c(C)cc1-c1ccc(O)nc1. The van der Waals surface area contributed by atoms with Crippen LogP contribution in [0.4, 0.5) is 5.69 Å². The number of pyridine rings is 2. The van der Waals surface area contributed by atoms with Gasteiger partial charge in [-0.2, -0.15) is 0 Å². The fourth-order valence-electron chi connectivity index (χ4n) is 2.93. The average molecular weight is 363 g/mol. The number of aromatic hydroxyl groups is 1. The molecule has 3 aromatic rings. The fourth-order valence-corrected chi connectivity index (χ4v) is 2.93. The molecular weight excluding hydrogens is 342 g/mol. The van der Waals surface area contributed by atoms with E-state index < -0.39 is 0 Å². The third-order valence-electron chi connectivity index (χ3n) is 4.29. The number of hydrogen-bond acceptors (Lipinski definition) is 5. The molecule has 3 rings (SSSR count). The predicted octanol–water partition coefficient (Wildman–Crippen LogP) is 3.72. The number of rotatable bonds is 5. The third-order valence-corrected chi connectivity index (χ3v) is 4.29. The largest absolute Gasteiger partial charge is 0.496 e.